The summed E-state index contributed by atoms with van der Waals surface area (Å²) in [6.45, 7) is 11.5. The van der Waals surface area contributed by atoms with Crippen molar-refractivity contribution in [3.8, 4) is 0 Å². The molecule has 5 heteroatoms. The molecule has 0 radical (unpaired) electrons. The maximum atomic E-state index is 12.7. The number of amides is 1. The number of nitrogens with zero attached hydrogens (tertiary/aromatic N) is 3. The molecule has 0 aliphatic rings. The first-order valence-electron chi connectivity index (χ1n) is 8.71. The van der Waals surface area contributed by atoms with E-state index < -0.39 is 0 Å². The largest absolute Gasteiger partial charge is 0.323 e. The Labute approximate surface area is 154 Å². The topological polar surface area (TPSA) is 38.1 Å². The molecule has 25 heavy (non-hydrogen) atoms. The zero-order valence-corrected chi connectivity index (χ0v) is 16.2. The molecule has 0 aliphatic heterocycles. The van der Waals surface area contributed by atoms with Gasteiger partial charge in [0, 0.05) is 24.5 Å². The third kappa shape index (κ3) is 4.98. The van der Waals surface area contributed by atoms with E-state index in [2.05, 4.69) is 30.0 Å². The first kappa shape index (κ1) is 19.3. The number of carbonyl (C=O) groups excluding carboxylic acids is 1. The second-order valence-electron chi connectivity index (χ2n) is 5.99. The van der Waals surface area contributed by atoms with Crippen LogP contribution in [-0.2, 0) is 11.3 Å². The van der Waals surface area contributed by atoms with Crippen molar-refractivity contribution in [2.75, 3.05) is 17.2 Å². The van der Waals surface area contributed by atoms with Gasteiger partial charge >= 0.3 is 0 Å². The molecule has 0 spiro atoms. The summed E-state index contributed by atoms with van der Waals surface area (Å²) >= 11 is 1.52. The van der Waals surface area contributed by atoms with Gasteiger partial charge in [-0.1, -0.05) is 49.4 Å². The van der Waals surface area contributed by atoms with E-state index in [1.54, 1.807) is 11.0 Å². The highest BCUT2D eigenvalue weighted by Gasteiger charge is 2.17. The molecule has 0 atom stereocenters. The summed E-state index contributed by atoms with van der Waals surface area (Å²) in [5.74, 6) is 0.432. The van der Waals surface area contributed by atoms with Crippen molar-refractivity contribution in [2.45, 2.75) is 45.3 Å². The van der Waals surface area contributed by atoms with Crippen LogP contribution < -0.4 is 4.90 Å². The summed E-state index contributed by atoms with van der Waals surface area (Å²) in [5.41, 5.74) is 3.13. The van der Waals surface area contributed by atoms with Crippen molar-refractivity contribution in [3.63, 3.8) is 0 Å². The maximum Gasteiger partial charge on any atom is 0.237 e. The number of rotatable bonds is 9. The van der Waals surface area contributed by atoms with E-state index in [-0.39, 0.29) is 5.91 Å². The fourth-order valence-corrected chi connectivity index (χ4v) is 3.60. The fraction of sp³-hybridized carbons (Fsp3) is 0.400. The standard InChI is InChI=1S/C20H27N3OS/c1-5-7-14-22-17(4)16(3)21-20(22)25-15-19(24)23(13-6-2)18-11-9-8-10-12-18/h6,8-12H,2,5,7,13-15H2,1,3-4H3. The number of hydrogen-bond donors (Lipinski definition) is 0. The zero-order chi connectivity index (χ0) is 18.2. The average molecular weight is 358 g/mol. The number of imidazole rings is 1. The SMILES string of the molecule is C=CCN(C(=O)CSc1nc(C)c(C)n1CCCC)c1ccccc1. The van der Waals surface area contributed by atoms with Crippen molar-refractivity contribution >= 4 is 23.4 Å². The Morgan fingerprint density at radius 1 is 1.32 bits per heavy atom. The summed E-state index contributed by atoms with van der Waals surface area (Å²) < 4.78 is 2.23. The smallest absolute Gasteiger partial charge is 0.237 e. The summed E-state index contributed by atoms with van der Waals surface area (Å²) in [6.07, 6.45) is 4.01. The van der Waals surface area contributed by atoms with E-state index >= 15 is 0 Å². The average Bonchev–Trinajstić information content (AvgIpc) is 2.90. The number of aryl methyl sites for hydroxylation is 1. The van der Waals surface area contributed by atoms with E-state index in [0.29, 0.717) is 12.3 Å². The number of hydrogen-bond acceptors (Lipinski definition) is 3. The minimum Gasteiger partial charge on any atom is -0.323 e. The molecule has 134 valence electrons. The van der Waals surface area contributed by atoms with Gasteiger partial charge in [0.2, 0.25) is 5.91 Å². The van der Waals surface area contributed by atoms with Gasteiger partial charge < -0.3 is 9.47 Å². The first-order chi connectivity index (χ1) is 12.1. The fourth-order valence-electron chi connectivity index (χ4n) is 2.61. The number of aromatic nitrogens is 2. The molecule has 1 heterocycles. The lowest BCUT2D eigenvalue weighted by atomic mass is 10.3. The van der Waals surface area contributed by atoms with Crippen molar-refractivity contribution in [2.24, 2.45) is 0 Å². The Bertz CT molecular complexity index is 709. The van der Waals surface area contributed by atoms with Crippen LogP contribution in [0.15, 0.2) is 48.1 Å². The molecule has 4 nitrogen and oxygen atoms in total. The number of anilines is 1. The Morgan fingerprint density at radius 3 is 2.68 bits per heavy atom. The van der Waals surface area contributed by atoms with Crippen molar-refractivity contribution < 1.29 is 4.79 Å². The summed E-state index contributed by atoms with van der Waals surface area (Å²) in [6, 6.07) is 9.72. The van der Waals surface area contributed by atoms with E-state index in [1.165, 1.54) is 17.5 Å². The van der Waals surface area contributed by atoms with E-state index in [4.69, 9.17) is 0 Å². The zero-order valence-electron chi connectivity index (χ0n) is 15.4. The molecule has 0 saturated heterocycles. The van der Waals surface area contributed by atoms with Crippen molar-refractivity contribution in [1.29, 1.82) is 0 Å². The van der Waals surface area contributed by atoms with Crippen molar-refractivity contribution in [3.05, 3.63) is 54.4 Å². The van der Waals surface area contributed by atoms with Crippen LogP contribution >= 0.6 is 11.8 Å². The van der Waals surface area contributed by atoms with Gasteiger partial charge in [0.1, 0.15) is 0 Å². The molecule has 2 rings (SSSR count). The normalized spacial score (nSPS) is 10.7. The quantitative estimate of drug-likeness (QED) is 0.486. The summed E-state index contributed by atoms with van der Waals surface area (Å²) in [4.78, 5) is 19.2. The second kappa shape index (κ2) is 9.47. The minimum atomic E-state index is 0.0662. The Balaban J connectivity index is 2.10. The van der Waals surface area contributed by atoms with Crippen LogP contribution in [0, 0.1) is 13.8 Å². The Hall–Kier alpha value is -2.01. The predicted octanol–water partition coefficient (Wildman–Crippen LogP) is 4.61. The van der Waals surface area contributed by atoms with Crippen LogP contribution in [0.4, 0.5) is 5.69 Å². The number of unbranched alkanes of at least 4 members (excludes halogenated alkanes) is 1. The molecule has 1 aromatic heterocycles. The van der Waals surface area contributed by atoms with E-state index in [1.807, 2.05) is 37.3 Å². The highest BCUT2D eigenvalue weighted by molar-refractivity contribution is 7.99. The lowest BCUT2D eigenvalue weighted by molar-refractivity contribution is -0.116. The molecule has 2 aromatic rings. The maximum absolute atomic E-state index is 12.7. The van der Waals surface area contributed by atoms with Crippen LogP contribution in [0.1, 0.15) is 31.2 Å². The third-order valence-corrected chi connectivity index (χ3v) is 5.12. The van der Waals surface area contributed by atoms with Crippen LogP contribution in [-0.4, -0.2) is 27.8 Å². The van der Waals surface area contributed by atoms with Gasteiger partial charge in [-0.05, 0) is 32.4 Å². The highest BCUT2D eigenvalue weighted by Crippen LogP contribution is 2.23. The predicted molar refractivity (Wildman–Crippen MR) is 106 cm³/mol. The summed E-state index contributed by atoms with van der Waals surface area (Å²) in [5, 5.41) is 0.934. The number of benzene rings is 1. The molecule has 1 amide bonds. The lowest BCUT2D eigenvalue weighted by Gasteiger charge is -2.21. The molecule has 1 aromatic carbocycles. The number of para-hydroxylation sites is 1. The van der Waals surface area contributed by atoms with E-state index in [9.17, 15) is 4.79 Å². The van der Waals surface area contributed by atoms with Crippen LogP contribution in [0.3, 0.4) is 0 Å². The highest BCUT2D eigenvalue weighted by atomic mass is 32.2. The van der Waals surface area contributed by atoms with Gasteiger partial charge in [0.05, 0.1) is 11.4 Å². The molecule has 0 bridgehead atoms. The molecule has 0 fully saturated rings. The summed E-state index contributed by atoms with van der Waals surface area (Å²) in [7, 11) is 0. The van der Waals surface area contributed by atoms with Gasteiger partial charge in [-0.3, -0.25) is 4.79 Å². The van der Waals surface area contributed by atoms with Crippen LogP contribution in [0.5, 0.6) is 0 Å². The minimum absolute atomic E-state index is 0.0662. The third-order valence-electron chi connectivity index (χ3n) is 4.16. The Kier molecular flexibility index (Phi) is 7.31. The van der Waals surface area contributed by atoms with Gasteiger partial charge in [0.25, 0.3) is 0 Å². The second-order valence-corrected chi connectivity index (χ2v) is 6.93. The molecular formula is C20H27N3OS. The molecule has 0 unspecified atom stereocenters. The monoisotopic (exact) mass is 357 g/mol. The van der Waals surface area contributed by atoms with Gasteiger partial charge in [-0.2, -0.15) is 0 Å². The van der Waals surface area contributed by atoms with Crippen LogP contribution in [0.2, 0.25) is 0 Å². The van der Waals surface area contributed by atoms with Gasteiger partial charge in [-0.15, -0.1) is 6.58 Å². The molecule has 0 saturated carbocycles. The molecule has 0 N–H and O–H groups in total. The van der Waals surface area contributed by atoms with E-state index in [0.717, 1.165) is 35.9 Å². The molecule has 0 aliphatic carbocycles. The lowest BCUT2D eigenvalue weighted by Crippen LogP contribution is -2.32. The Morgan fingerprint density at radius 2 is 2.04 bits per heavy atom. The first-order valence-corrected chi connectivity index (χ1v) is 9.69. The van der Waals surface area contributed by atoms with Gasteiger partial charge in [-0.25, -0.2) is 4.98 Å². The van der Waals surface area contributed by atoms with Crippen molar-refractivity contribution in [1.82, 2.24) is 9.55 Å². The molecular weight excluding hydrogens is 330 g/mol. The number of thioether (sulfide) groups is 1. The van der Waals surface area contributed by atoms with Gasteiger partial charge in [0.15, 0.2) is 5.16 Å². The van der Waals surface area contributed by atoms with Crippen LogP contribution in [0.25, 0.3) is 0 Å². The number of carbonyl (C=O) groups is 1.